The van der Waals surface area contributed by atoms with Gasteiger partial charge in [0.05, 0.1) is 17.4 Å². The molecule has 1 aromatic heterocycles. The number of hydrogen-bond donors (Lipinski definition) is 2. The summed E-state index contributed by atoms with van der Waals surface area (Å²) in [6.45, 7) is 13.8. The first-order valence-electron chi connectivity index (χ1n) is 14.0. The number of nitrogens with zero attached hydrogens (tertiary/aromatic N) is 1. The summed E-state index contributed by atoms with van der Waals surface area (Å²) in [6.07, 6.45) is 2.20. The second kappa shape index (κ2) is 12.1. The maximum absolute atomic E-state index is 13.5. The Labute approximate surface area is 242 Å². The lowest BCUT2D eigenvalue weighted by molar-refractivity contribution is 0.00578. The van der Waals surface area contributed by atoms with Crippen LogP contribution in [-0.2, 0) is 14.0 Å². The number of benzene rings is 2. The number of ether oxygens (including phenoxy) is 1. The first-order valence-corrected chi connectivity index (χ1v) is 14.0. The van der Waals surface area contributed by atoms with Gasteiger partial charge >= 0.3 is 13.2 Å². The van der Waals surface area contributed by atoms with Crippen molar-refractivity contribution in [2.24, 2.45) is 0 Å². The number of oxazole rings is 1. The van der Waals surface area contributed by atoms with E-state index in [1.807, 2.05) is 90.9 Å². The molecule has 9 nitrogen and oxygen atoms in total. The highest BCUT2D eigenvalue weighted by Crippen LogP contribution is 2.36. The van der Waals surface area contributed by atoms with Gasteiger partial charge in [0.15, 0.2) is 5.76 Å². The lowest BCUT2D eigenvalue weighted by Crippen LogP contribution is -2.41. The second-order valence-electron chi connectivity index (χ2n) is 12.2. The van der Waals surface area contributed by atoms with Gasteiger partial charge in [-0.05, 0) is 78.9 Å². The molecule has 0 aliphatic carbocycles. The van der Waals surface area contributed by atoms with Gasteiger partial charge in [0.2, 0.25) is 5.89 Å². The molecule has 2 aromatic carbocycles. The van der Waals surface area contributed by atoms with Crippen LogP contribution in [0.3, 0.4) is 0 Å². The van der Waals surface area contributed by atoms with Crippen molar-refractivity contribution >= 4 is 24.6 Å². The monoisotopic (exact) mass is 561 g/mol. The Morgan fingerprint density at radius 2 is 1.68 bits per heavy atom. The molecule has 0 unspecified atom stereocenters. The third kappa shape index (κ3) is 7.77. The molecule has 2 N–H and O–H groups in total. The quantitative estimate of drug-likeness (QED) is 0.265. The Morgan fingerprint density at radius 3 is 2.34 bits per heavy atom. The summed E-state index contributed by atoms with van der Waals surface area (Å²) >= 11 is 0. The van der Waals surface area contributed by atoms with Crippen molar-refractivity contribution in [1.29, 1.82) is 0 Å². The van der Waals surface area contributed by atoms with E-state index in [4.69, 9.17) is 18.5 Å². The minimum atomic E-state index is -0.582. The summed E-state index contributed by atoms with van der Waals surface area (Å²) in [6, 6.07) is 16.3. The van der Waals surface area contributed by atoms with Crippen molar-refractivity contribution in [3.05, 3.63) is 72.2 Å². The van der Waals surface area contributed by atoms with Crippen molar-refractivity contribution < 1.29 is 28.1 Å². The molecule has 1 atom stereocenters. The van der Waals surface area contributed by atoms with Gasteiger partial charge in [0.25, 0.3) is 5.91 Å². The minimum absolute atomic E-state index is 0.284. The van der Waals surface area contributed by atoms with Gasteiger partial charge < -0.3 is 29.1 Å². The van der Waals surface area contributed by atoms with E-state index in [0.29, 0.717) is 36.6 Å². The van der Waals surface area contributed by atoms with Crippen molar-refractivity contribution in [3.63, 3.8) is 0 Å². The highest BCUT2D eigenvalue weighted by Gasteiger charge is 2.51. The summed E-state index contributed by atoms with van der Waals surface area (Å²) < 4.78 is 23.7. The molecule has 2 heterocycles. The molecular formula is C31H40BN3O6. The minimum Gasteiger partial charge on any atom is -0.444 e. The Hall–Kier alpha value is -3.63. The first-order chi connectivity index (χ1) is 19.2. The standard InChI is InChI=1S/C31H40BN3O6/c1-29(2,3)39-28(37)33-18-12-17-24(27-34-20-25(38-27)21-13-9-8-10-14-21)35-26(36)22-15-11-16-23(19-22)32-40-30(4,5)31(6,7)41-32/h8-11,13-16,19-20,24H,12,17-18H2,1-7H3,(H,33,37)(H,35,36)/t24-/m0/s1. The molecule has 0 bridgehead atoms. The van der Waals surface area contributed by atoms with E-state index in [1.165, 1.54) is 0 Å². The normalized spacial score (nSPS) is 16.7. The number of nitrogens with one attached hydrogen (secondary N) is 2. The third-order valence-electron chi connectivity index (χ3n) is 7.20. The molecule has 218 valence electrons. The average Bonchev–Trinajstić information content (AvgIpc) is 3.47. The molecule has 0 spiro atoms. The second-order valence-corrected chi connectivity index (χ2v) is 12.2. The van der Waals surface area contributed by atoms with Crippen molar-refractivity contribution in [3.8, 4) is 11.3 Å². The molecule has 0 saturated carbocycles. The zero-order chi connectivity index (χ0) is 29.8. The lowest BCUT2D eigenvalue weighted by Gasteiger charge is -2.32. The Morgan fingerprint density at radius 1 is 1.00 bits per heavy atom. The van der Waals surface area contributed by atoms with Crippen LogP contribution in [-0.4, -0.2) is 47.5 Å². The van der Waals surface area contributed by atoms with Crippen LogP contribution in [0.15, 0.2) is 65.2 Å². The van der Waals surface area contributed by atoms with E-state index in [1.54, 1.807) is 18.3 Å². The lowest BCUT2D eigenvalue weighted by atomic mass is 9.78. The fraction of sp³-hybridized carbons (Fsp3) is 0.452. The molecule has 1 aliphatic heterocycles. The zero-order valence-electron chi connectivity index (χ0n) is 24.9. The van der Waals surface area contributed by atoms with Crippen molar-refractivity contribution in [1.82, 2.24) is 15.6 Å². The van der Waals surface area contributed by atoms with Gasteiger partial charge in [0, 0.05) is 17.7 Å². The van der Waals surface area contributed by atoms with Crippen LogP contribution in [0.1, 0.15) is 83.6 Å². The molecular weight excluding hydrogens is 521 g/mol. The predicted molar refractivity (Wildman–Crippen MR) is 158 cm³/mol. The molecule has 1 saturated heterocycles. The molecule has 2 amide bonds. The maximum atomic E-state index is 13.5. The Kier molecular flexibility index (Phi) is 8.94. The third-order valence-corrected chi connectivity index (χ3v) is 7.20. The largest absolute Gasteiger partial charge is 0.494 e. The predicted octanol–water partition coefficient (Wildman–Crippen LogP) is 5.42. The SMILES string of the molecule is CC(C)(C)OC(=O)NCCC[C@H](NC(=O)c1cccc(B2OC(C)(C)C(C)(C)O2)c1)c1ncc(-c2ccccc2)o1. The van der Waals surface area contributed by atoms with Crippen LogP contribution in [0.2, 0.25) is 0 Å². The number of carbonyl (C=O) groups is 2. The van der Waals surface area contributed by atoms with Crippen LogP contribution >= 0.6 is 0 Å². The summed E-state index contributed by atoms with van der Waals surface area (Å²) in [4.78, 5) is 30.0. The van der Waals surface area contributed by atoms with Gasteiger partial charge in [-0.1, -0.05) is 42.5 Å². The number of alkyl carbamates (subject to hydrolysis) is 1. The molecule has 1 fully saturated rings. The van der Waals surface area contributed by atoms with Crippen LogP contribution in [0.25, 0.3) is 11.3 Å². The first kappa shape index (κ1) is 30.3. The van der Waals surface area contributed by atoms with E-state index in [9.17, 15) is 9.59 Å². The van der Waals surface area contributed by atoms with E-state index in [2.05, 4.69) is 15.6 Å². The molecule has 10 heteroatoms. The van der Waals surface area contributed by atoms with Gasteiger partial charge in [-0.3, -0.25) is 4.79 Å². The van der Waals surface area contributed by atoms with Crippen molar-refractivity contribution in [2.75, 3.05) is 6.54 Å². The molecule has 41 heavy (non-hydrogen) atoms. The fourth-order valence-corrected chi connectivity index (χ4v) is 4.30. The summed E-state index contributed by atoms with van der Waals surface area (Å²) in [7, 11) is -0.581. The Balaban J connectivity index is 1.48. The van der Waals surface area contributed by atoms with Gasteiger partial charge in [-0.2, -0.15) is 0 Å². The van der Waals surface area contributed by atoms with Crippen LogP contribution < -0.4 is 16.1 Å². The van der Waals surface area contributed by atoms with E-state index in [-0.39, 0.29) is 5.91 Å². The summed E-state index contributed by atoms with van der Waals surface area (Å²) in [5, 5.41) is 5.83. The van der Waals surface area contributed by atoms with Crippen LogP contribution in [0.4, 0.5) is 4.79 Å². The van der Waals surface area contributed by atoms with E-state index >= 15 is 0 Å². The van der Waals surface area contributed by atoms with Crippen molar-refractivity contribution in [2.45, 2.75) is 84.2 Å². The van der Waals surface area contributed by atoms with Gasteiger partial charge in [-0.15, -0.1) is 0 Å². The smallest absolute Gasteiger partial charge is 0.444 e. The van der Waals surface area contributed by atoms with Gasteiger partial charge in [0.1, 0.15) is 11.6 Å². The van der Waals surface area contributed by atoms with Crippen LogP contribution in [0, 0.1) is 0 Å². The zero-order valence-corrected chi connectivity index (χ0v) is 24.9. The Bertz CT molecular complexity index is 1330. The maximum Gasteiger partial charge on any atom is 0.494 e. The van der Waals surface area contributed by atoms with Gasteiger partial charge in [-0.25, -0.2) is 9.78 Å². The van der Waals surface area contributed by atoms with E-state index in [0.717, 1.165) is 11.0 Å². The molecule has 1 aliphatic rings. The molecule has 3 aromatic rings. The summed E-state index contributed by atoms with van der Waals surface area (Å²) in [5.74, 6) is 0.707. The molecule has 0 radical (unpaired) electrons. The highest BCUT2D eigenvalue weighted by molar-refractivity contribution is 6.62. The summed E-state index contributed by atoms with van der Waals surface area (Å²) in [5.41, 5.74) is 0.547. The number of rotatable bonds is 9. The topological polar surface area (TPSA) is 112 Å². The highest BCUT2D eigenvalue weighted by atomic mass is 16.7. The van der Waals surface area contributed by atoms with E-state index < -0.39 is 36.1 Å². The number of aromatic nitrogens is 1. The van der Waals surface area contributed by atoms with Crippen LogP contribution in [0.5, 0.6) is 0 Å². The molecule has 4 rings (SSSR count). The average molecular weight is 561 g/mol. The number of amides is 2. The number of hydrogen-bond acceptors (Lipinski definition) is 7. The fourth-order valence-electron chi connectivity index (χ4n) is 4.30. The number of carbonyl (C=O) groups excluding carboxylic acids is 2.